The van der Waals surface area contributed by atoms with Crippen molar-refractivity contribution in [3.63, 3.8) is 0 Å². The van der Waals surface area contributed by atoms with E-state index >= 15 is 0 Å². The highest BCUT2D eigenvalue weighted by atomic mass is 16.6. The number of hydrogen-bond donors (Lipinski definition) is 1. The normalized spacial score (nSPS) is 18.0. The van der Waals surface area contributed by atoms with Gasteiger partial charge in [0.25, 0.3) is 0 Å². The first-order chi connectivity index (χ1) is 11.7. The van der Waals surface area contributed by atoms with E-state index in [0.717, 1.165) is 35.6 Å². The number of benzene rings is 1. The summed E-state index contributed by atoms with van der Waals surface area (Å²) < 4.78 is 5.31. The second-order valence-electron chi connectivity index (χ2n) is 7.40. The monoisotopic (exact) mass is 341 g/mol. The summed E-state index contributed by atoms with van der Waals surface area (Å²) in [5.74, 6) is 3.59. The molecular weight excluding hydrogens is 314 g/mol. The van der Waals surface area contributed by atoms with Crippen LogP contribution in [0.15, 0.2) is 23.2 Å². The lowest BCUT2D eigenvalue weighted by atomic mass is 10.1. The van der Waals surface area contributed by atoms with Crippen molar-refractivity contribution in [1.82, 2.24) is 10.2 Å². The number of amidine groups is 1. The minimum absolute atomic E-state index is 0.0603. The van der Waals surface area contributed by atoms with Gasteiger partial charge in [0.1, 0.15) is 11.4 Å². The number of carbonyl (C=O) groups excluding carboxylic acids is 1. The van der Waals surface area contributed by atoms with Gasteiger partial charge in [0.15, 0.2) is 0 Å². The number of rotatable bonds is 2. The minimum atomic E-state index is -0.489. The topological polar surface area (TPSA) is 53.9 Å². The van der Waals surface area contributed by atoms with E-state index in [-0.39, 0.29) is 12.1 Å². The molecule has 0 bridgehead atoms. The molecule has 0 saturated carbocycles. The first-order valence-electron chi connectivity index (χ1n) is 8.55. The fourth-order valence-electron chi connectivity index (χ4n) is 2.75. The molecular formula is C20H27N3O2. The zero-order valence-corrected chi connectivity index (χ0v) is 15.7. The third-order valence-electron chi connectivity index (χ3n) is 3.96. The molecule has 1 fully saturated rings. The van der Waals surface area contributed by atoms with E-state index in [1.54, 1.807) is 0 Å². The smallest absolute Gasteiger partial charge is 0.407 e. The van der Waals surface area contributed by atoms with Crippen molar-refractivity contribution in [2.24, 2.45) is 4.99 Å². The van der Waals surface area contributed by atoms with E-state index in [0.29, 0.717) is 6.54 Å². The van der Waals surface area contributed by atoms with Crippen LogP contribution in [0.3, 0.4) is 0 Å². The molecule has 5 heteroatoms. The molecule has 0 aliphatic carbocycles. The Morgan fingerprint density at radius 3 is 2.80 bits per heavy atom. The van der Waals surface area contributed by atoms with Crippen LogP contribution in [0.1, 0.15) is 45.2 Å². The lowest BCUT2D eigenvalue weighted by Crippen LogP contribution is -2.41. The number of likely N-dealkylation sites (tertiary alicyclic amines) is 1. The summed E-state index contributed by atoms with van der Waals surface area (Å²) in [6.45, 7) is 11.1. The predicted molar refractivity (Wildman–Crippen MR) is 101 cm³/mol. The third-order valence-corrected chi connectivity index (χ3v) is 3.96. The molecule has 2 rings (SSSR count). The zero-order chi connectivity index (χ0) is 18.6. The highest BCUT2D eigenvalue weighted by molar-refractivity contribution is 5.84. The lowest BCUT2D eigenvalue weighted by molar-refractivity contribution is 0.0507. The molecule has 1 aliphatic heterocycles. The highest BCUT2D eigenvalue weighted by Gasteiger charge is 2.26. The molecule has 1 heterocycles. The number of alkyl carbamates (subject to hydrolysis) is 1. The number of amides is 1. The van der Waals surface area contributed by atoms with E-state index in [1.165, 1.54) is 0 Å². The van der Waals surface area contributed by atoms with Crippen LogP contribution in [0, 0.1) is 19.3 Å². The first-order valence-corrected chi connectivity index (χ1v) is 8.55. The zero-order valence-electron chi connectivity index (χ0n) is 15.7. The maximum atomic E-state index is 11.9. The Labute approximate surface area is 150 Å². The van der Waals surface area contributed by atoms with Crippen molar-refractivity contribution in [2.45, 2.75) is 52.7 Å². The number of terminal acetylenes is 1. The molecule has 5 nitrogen and oxygen atoms in total. The summed E-state index contributed by atoms with van der Waals surface area (Å²) in [6, 6.07) is 5.97. The fourth-order valence-corrected chi connectivity index (χ4v) is 2.75. The molecule has 1 saturated heterocycles. The predicted octanol–water partition coefficient (Wildman–Crippen LogP) is 3.63. The number of hydrogen-bond acceptors (Lipinski definition) is 3. The van der Waals surface area contributed by atoms with Crippen molar-refractivity contribution in [3.8, 4) is 12.3 Å². The standard InChI is InChI=1S/C20H27N3O2/c1-7-16-12-14(2)8-9-18(16)21-15(3)23-11-10-17(13-23)22-19(24)25-20(4,5)6/h1,8-9,12,17H,10-11,13H2,2-6H3,(H,22,24)/b21-15+/t17-/m1/s1. The van der Waals surface area contributed by atoms with E-state index in [2.05, 4.69) is 21.1 Å². The average Bonchev–Trinajstić information content (AvgIpc) is 2.95. The van der Waals surface area contributed by atoms with Crippen LogP contribution < -0.4 is 5.32 Å². The van der Waals surface area contributed by atoms with E-state index in [1.807, 2.05) is 52.8 Å². The molecule has 0 unspecified atom stereocenters. The molecule has 1 aromatic rings. The maximum Gasteiger partial charge on any atom is 0.407 e. The van der Waals surface area contributed by atoms with Crippen molar-refractivity contribution in [1.29, 1.82) is 0 Å². The Hall–Kier alpha value is -2.48. The van der Waals surface area contributed by atoms with E-state index in [9.17, 15) is 4.79 Å². The highest BCUT2D eigenvalue weighted by Crippen LogP contribution is 2.21. The number of nitrogens with zero attached hydrogens (tertiary/aromatic N) is 2. The molecule has 134 valence electrons. The van der Waals surface area contributed by atoms with Crippen LogP contribution in [-0.4, -0.2) is 41.6 Å². The van der Waals surface area contributed by atoms with Crippen LogP contribution in [0.25, 0.3) is 0 Å². The molecule has 1 aromatic carbocycles. The van der Waals surface area contributed by atoms with E-state index < -0.39 is 5.60 Å². The number of carbonyl (C=O) groups is 1. The van der Waals surface area contributed by atoms with Gasteiger partial charge in [0.05, 0.1) is 17.3 Å². The van der Waals surface area contributed by atoms with Crippen molar-refractivity contribution >= 4 is 17.6 Å². The van der Waals surface area contributed by atoms with E-state index in [4.69, 9.17) is 11.2 Å². The van der Waals surface area contributed by atoms with Gasteiger partial charge in [0.2, 0.25) is 0 Å². The molecule has 25 heavy (non-hydrogen) atoms. The van der Waals surface area contributed by atoms with Gasteiger partial charge in [-0.1, -0.05) is 12.0 Å². The second kappa shape index (κ2) is 7.60. The summed E-state index contributed by atoms with van der Waals surface area (Å²) in [6.07, 6.45) is 6.07. The lowest BCUT2D eigenvalue weighted by Gasteiger charge is -2.22. The van der Waals surface area contributed by atoms with Gasteiger partial charge in [-0.05, 0) is 58.7 Å². The Morgan fingerprint density at radius 2 is 2.16 bits per heavy atom. The van der Waals surface area contributed by atoms with Gasteiger partial charge in [-0.3, -0.25) is 0 Å². The molecule has 1 atom stereocenters. The average molecular weight is 341 g/mol. The first kappa shape index (κ1) is 18.9. The Bertz CT molecular complexity index is 711. The summed E-state index contributed by atoms with van der Waals surface area (Å²) in [7, 11) is 0. The van der Waals surface area contributed by atoms with Crippen molar-refractivity contribution in [2.75, 3.05) is 13.1 Å². The van der Waals surface area contributed by atoms with Gasteiger partial charge >= 0.3 is 6.09 Å². The maximum absolute atomic E-state index is 11.9. The molecule has 0 spiro atoms. The van der Waals surface area contributed by atoms with Gasteiger partial charge in [0, 0.05) is 13.1 Å². The van der Waals surface area contributed by atoms with Gasteiger partial charge in [-0.15, -0.1) is 6.42 Å². The number of aryl methyl sites for hydroxylation is 1. The van der Waals surface area contributed by atoms with Crippen molar-refractivity contribution < 1.29 is 9.53 Å². The molecule has 0 radical (unpaired) electrons. The number of aliphatic imine (C=N–C) groups is 1. The molecule has 0 aromatic heterocycles. The summed E-state index contributed by atoms with van der Waals surface area (Å²) in [4.78, 5) is 18.7. The largest absolute Gasteiger partial charge is 0.444 e. The van der Waals surface area contributed by atoms with Crippen molar-refractivity contribution in [3.05, 3.63) is 29.3 Å². The van der Waals surface area contributed by atoms with Crippen LogP contribution in [0.2, 0.25) is 0 Å². The van der Waals surface area contributed by atoms with Crippen LogP contribution in [-0.2, 0) is 4.74 Å². The molecule has 1 aliphatic rings. The number of nitrogens with one attached hydrogen (secondary N) is 1. The second-order valence-corrected chi connectivity index (χ2v) is 7.40. The Balaban J connectivity index is 2.00. The minimum Gasteiger partial charge on any atom is -0.444 e. The van der Waals surface area contributed by atoms with Crippen LogP contribution in [0.5, 0.6) is 0 Å². The molecule has 1 amide bonds. The summed E-state index contributed by atoms with van der Waals surface area (Å²) in [5, 5.41) is 2.92. The van der Waals surface area contributed by atoms with Gasteiger partial charge in [-0.25, -0.2) is 9.79 Å². The van der Waals surface area contributed by atoms with Crippen LogP contribution >= 0.6 is 0 Å². The fraction of sp³-hybridized carbons (Fsp3) is 0.500. The quantitative estimate of drug-likeness (QED) is 0.508. The Morgan fingerprint density at radius 1 is 1.44 bits per heavy atom. The third kappa shape index (κ3) is 5.53. The van der Waals surface area contributed by atoms with Crippen LogP contribution in [0.4, 0.5) is 10.5 Å². The Kier molecular flexibility index (Phi) is 5.73. The summed E-state index contributed by atoms with van der Waals surface area (Å²) >= 11 is 0. The van der Waals surface area contributed by atoms with Gasteiger partial charge < -0.3 is 15.0 Å². The SMILES string of the molecule is C#Cc1cc(C)ccc1/N=C(\C)N1CC[C@@H](NC(=O)OC(C)(C)C)C1. The molecule has 1 N–H and O–H groups in total. The summed E-state index contributed by atoms with van der Waals surface area (Å²) in [5.41, 5.74) is 2.22. The number of ether oxygens (including phenoxy) is 1. The van der Waals surface area contributed by atoms with Gasteiger partial charge in [-0.2, -0.15) is 0 Å².